The van der Waals surface area contributed by atoms with Gasteiger partial charge in [0.2, 0.25) is 0 Å². The van der Waals surface area contributed by atoms with E-state index in [2.05, 4.69) is 10.2 Å². The van der Waals surface area contributed by atoms with Crippen LogP contribution in [0.2, 0.25) is 0 Å². The summed E-state index contributed by atoms with van der Waals surface area (Å²) in [6.45, 7) is 7.36. The van der Waals surface area contributed by atoms with Crippen molar-refractivity contribution in [2.75, 3.05) is 41.4 Å². The molecule has 0 aliphatic rings. The van der Waals surface area contributed by atoms with E-state index in [0.717, 1.165) is 13.1 Å². The molecule has 108 valence electrons. The summed E-state index contributed by atoms with van der Waals surface area (Å²) < 4.78 is 10.3. The highest BCUT2D eigenvalue weighted by molar-refractivity contribution is 5.80. The molecule has 0 spiro atoms. The van der Waals surface area contributed by atoms with Crippen LogP contribution in [0.4, 0.5) is 0 Å². The molecule has 5 nitrogen and oxygen atoms in total. The van der Waals surface area contributed by atoms with Crippen molar-refractivity contribution in [3.8, 4) is 0 Å². The van der Waals surface area contributed by atoms with Crippen LogP contribution in [-0.4, -0.2) is 63.4 Å². The first kappa shape index (κ1) is 17.4. The van der Waals surface area contributed by atoms with Crippen LogP contribution in [0.1, 0.15) is 27.2 Å². The van der Waals surface area contributed by atoms with Crippen LogP contribution in [-0.2, 0) is 14.3 Å². The lowest BCUT2D eigenvalue weighted by atomic mass is 9.87. The van der Waals surface area contributed by atoms with Crippen LogP contribution >= 0.6 is 0 Å². The van der Waals surface area contributed by atoms with E-state index in [1.807, 2.05) is 34.9 Å². The van der Waals surface area contributed by atoms with Gasteiger partial charge in [0.15, 0.2) is 0 Å². The molecule has 0 amide bonds. The van der Waals surface area contributed by atoms with Crippen molar-refractivity contribution < 1.29 is 14.3 Å². The van der Waals surface area contributed by atoms with E-state index in [1.54, 1.807) is 7.11 Å². The predicted octanol–water partition coefficient (Wildman–Crippen LogP) is 0.884. The van der Waals surface area contributed by atoms with E-state index in [1.165, 1.54) is 7.11 Å². The highest BCUT2D eigenvalue weighted by Crippen LogP contribution is 2.24. The standard InChI is InChI=1S/C13H28N2O3/c1-12(2,18-7)10-13(3,11(16)17-6)14-8-9-15(4)5/h14H,8-10H2,1-7H3. The molecule has 0 rings (SSSR count). The molecule has 1 unspecified atom stereocenters. The Labute approximate surface area is 111 Å². The Morgan fingerprint density at radius 2 is 1.78 bits per heavy atom. The minimum atomic E-state index is -0.732. The second-order valence-electron chi connectivity index (χ2n) is 5.69. The van der Waals surface area contributed by atoms with E-state index in [-0.39, 0.29) is 11.6 Å². The van der Waals surface area contributed by atoms with Gasteiger partial charge >= 0.3 is 5.97 Å². The SMILES string of the molecule is COC(=O)C(C)(CC(C)(C)OC)NCCN(C)C. The number of rotatable bonds is 8. The first-order valence-electron chi connectivity index (χ1n) is 6.20. The lowest BCUT2D eigenvalue weighted by Gasteiger charge is -2.35. The normalized spacial score (nSPS) is 15.6. The Kier molecular flexibility index (Phi) is 6.81. The number of nitrogens with zero attached hydrogens (tertiary/aromatic N) is 1. The third-order valence-corrected chi connectivity index (χ3v) is 3.04. The molecular formula is C13H28N2O3. The smallest absolute Gasteiger partial charge is 0.325 e. The number of hydrogen-bond acceptors (Lipinski definition) is 5. The maximum atomic E-state index is 11.9. The molecule has 0 aliphatic carbocycles. The fourth-order valence-corrected chi connectivity index (χ4v) is 1.91. The molecular weight excluding hydrogens is 232 g/mol. The minimum absolute atomic E-state index is 0.258. The zero-order valence-electron chi connectivity index (χ0n) is 12.8. The van der Waals surface area contributed by atoms with Gasteiger partial charge in [0.05, 0.1) is 12.7 Å². The van der Waals surface area contributed by atoms with Crippen molar-refractivity contribution in [1.29, 1.82) is 0 Å². The molecule has 0 aliphatic heterocycles. The molecule has 0 aromatic rings. The molecule has 0 fully saturated rings. The molecule has 5 heteroatoms. The van der Waals surface area contributed by atoms with Gasteiger partial charge in [-0.3, -0.25) is 4.79 Å². The molecule has 1 atom stereocenters. The summed E-state index contributed by atoms with van der Waals surface area (Å²) in [5.41, 5.74) is -1.11. The number of carbonyl (C=O) groups is 1. The maximum absolute atomic E-state index is 11.9. The number of methoxy groups -OCH3 is 2. The molecule has 0 aromatic heterocycles. The highest BCUT2D eigenvalue weighted by atomic mass is 16.5. The first-order chi connectivity index (χ1) is 8.17. The number of nitrogens with one attached hydrogen (secondary N) is 1. The van der Waals surface area contributed by atoms with Crippen molar-refractivity contribution in [1.82, 2.24) is 10.2 Å². The van der Waals surface area contributed by atoms with Gasteiger partial charge in [0.25, 0.3) is 0 Å². The van der Waals surface area contributed by atoms with Gasteiger partial charge in [-0.2, -0.15) is 0 Å². The quantitative estimate of drug-likeness (QED) is 0.657. The summed E-state index contributed by atoms with van der Waals surface area (Å²) >= 11 is 0. The topological polar surface area (TPSA) is 50.8 Å². The minimum Gasteiger partial charge on any atom is -0.468 e. The summed E-state index contributed by atoms with van der Waals surface area (Å²) in [6, 6.07) is 0. The van der Waals surface area contributed by atoms with Crippen molar-refractivity contribution >= 4 is 5.97 Å². The second-order valence-corrected chi connectivity index (χ2v) is 5.69. The lowest BCUT2D eigenvalue weighted by molar-refractivity contribution is -0.151. The maximum Gasteiger partial charge on any atom is 0.325 e. The van der Waals surface area contributed by atoms with E-state index in [9.17, 15) is 4.79 Å². The summed E-state index contributed by atoms with van der Waals surface area (Å²) in [4.78, 5) is 14.0. The summed E-state index contributed by atoms with van der Waals surface area (Å²) in [7, 11) is 7.05. The van der Waals surface area contributed by atoms with Crippen LogP contribution in [0.15, 0.2) is 0 Å². The first-order valence-corrected chi connectivity index (χ1v) is 6.20. The van der Waals surface area contributed by atoms with E-state index >= 15 is 0 Å². The Balaban J connectivity index is 4.68. The molecule has 0 heterocycles. The van der Waals surface area contributed by atoms with Gasteiger partial charge in [-0.25, -0.2) is 0 Å². The van der Waals surface area contributed by atoms with Gasteiger partial charge in [-0.1, -0.05) is 0 Å². The Morgan fingerprint density at radius 1 is 1.22 bits per heavy atom. The number of ether oxygens (including phenoxy) is 2. The lowest BCUT2D eigenvalue weighted by Crippen LogP contribution is -2.55. The molecule has 0 radical (unpaired) electrons. The van der Waals surface area contributed by atoms with Gasteiger partial charge < -0.3 is 19.7 Å². The third-order valence-electron chi connectivity index (χ3n) is 3.04. The fraction of sp³-hybridized carbons (Fsp3) is 0.923. The van der Waals surface area contributed by atoms with Crippen LogP contribution in [0.5, 0.6) is 0 Å². The van der Waals surface area contributed by atoms with Crippen LogP contribution in [0, 0.1) is 0 Å². The number of likely N-dealkylation sites (N-methyl/N-ethyl adjacent to an activating group) is 1. The molecule has 0 saturated heterocycles. The number of hydrogen-bond donors (Lipinski definition) is 1. The Morgan fingerprint density at radius 3 is 2.17 bits per heavy atom. The number of carbonyl (C=O) groups excluding carboxylic acids is 1. The van der Waals surface area contributed by atoms with Gasteiger partial charge in [-0.05, 0) is 34.9 Å². The summed E-state index contributed by atoms with van der Waals surface area (Å²) in [5.74, 6) is -0.258. The van der Waals surface area contributed by atoms with Crippen molar-refractivity contribution in [2.24, 2.45) is 0 Å². The summed E-state index contributed by atoms with van der Waals surface area (Å²) in [5, 5.41) is 3.27. The van der Waals surface area contributed by atoms with Crippen LogP contribution < -0.4 is 5.32 Å². The molecule has 18 heavy (non-hydrogen) atoms. The highest BCUT2D eigenvalue weighted by Gasteiger charge is 2.39. The Hall–Kier alpha value is -0.650. The second kappa shape index (κ2) is 7.07. The van der Waals surface area contributed by atoms with Crippen molar-refractivity contribution in [3.05, 3.63) is 0 Å². The zero-order valence-corrected chi connectivity index (χ0v) is 12.8. The van der Waals surface area contributed by atoms with Crippen LogP contribution in [0.25, 0.3) is 0 Å². The van der Waals surface area contributed by atoms with Gasteiger partial charge in [0, 0.05) is 26.6 Å². The van der Waals surface area contributed by atoms with Crippen LogP contribution in [0.3, 0.4) is 0 Å². The monoisotopic (exact) mass is 260 g/mol. The number of esters is 1. The third kappa shape index (κ3) is 5.80. The molecule has 0 aromatic carbocycles. The molecule has 1 N–H and O–H groups in total. The van der Waals surface area contributed by atoms with E-state index < -0.39 is 5.54 Å². The zero-order chi connectivity index (χ0) is 14.4. The molecule has 0 saturated carbocycles. The van der Waals surface area contributed by atoms with E-state index in [4.69, 9.17) is 9.47 Å². The van der Waals surface area contributed by atoms with Gasteiger partial charge in [0.1, 0.15) is 5.54 Å². The van der Waals surface area contributed by atoms with E-state index in [0.29, 0.717) is 6.42 Å². The van der Waals surface area contributed by atoms with Crippen molar-refractivity contribution in [2.45, 2.75) is 38.3 Å². The largest absolute Gasteiger partial charge is 0.468 e. The Bertz CT molecular complexity index is 267. The average Bonchev–Trinajstić information content (AvgIpc) is 2.26. The van der Waals surface area contributed by atoms with Gasteiger partial charge in [-0.15, -0.1) is 0 Å². The summed E-state index contributed by atoms with van der Waals surface area (Å²) in [6.07, 6.45) is 0.552. The average molecular weight is 260 g/mol. The fourth-order valence-electron chi connectivity index (χ4n) is 1.91. The molecule has 0 bridgehead atoms. The van der Waals surface area contributed by atoms with Crippen molar-refractivity contribution in [3.63, 3.8) is 0 Å². The predicted molar refractivity (Wildman–Crippen MR) is 72.7 cm³/mol.